The van der Waals surface area contributed by atoms with Crippen molar-refractivity contribution in [2.24, 2.45) is 5.92 Å². The van der Waals surface area contributed by atoms with E-state index in [1.165, 1.54) is 0 Å². The van der Waals surface area contributed by atoms with Gasteiger partial charge in [0.2, 0.25) is 0 Å². The van der Waals surface area contributed by atoms with E-state index < -0.39 is 36.2 Å². The highest BCUT2D eigenvalue weighted by atomic mass is 16.6. The molecule has 1 saturated heterocycles. The first-order valence-electron chi connectivity index (χ1n) is 6.80. The van der Waals surface area contributed by atoms with E-state index in [1.807, 2.05) is 0 Å². The largest absolute Gasteiger partial charge is 0.465 e. The van der Waals surface area contributed by atoms with Gasteiger partial charge in [0.1, 0.15) is 6.10 Å². The summed E-state index contributed by atoms with van der Waals surface area (Å²) >= 11 is 0. The van der Waals surface area contributed by atoms with Gasteiger partial charge in [-0.1, -0.05) is 0 Å². The Morgan fingerprint density at radius 2 is 1.70 bits per heavy atom. The molecule has 2 N–H and O–H groups in total. The Morgan fingerprint density at radius 3 is 2.15 bits per heavy atom. The van der Waals surface area contributed by atoms with Crippen molar-refractivity contribution in [3.8, 4) is 0 Å². The molecule has 0 aromatic carbocycles. The van der Waals surface area contributed by atoms with Crippen LogP contribution in [0.1, 0.15) is 26.7 Å². The summed E-state index contributed by atoms with van der Waals surface area (Å²) in [6, 6.07) is 0. The summed E-state index contributed by atoms with van der Waals surface area (Å²) in [7, 11) is 0. The van der Waals surface area contributed by atoms with E-state index in [0.29, 0.717) is 0 Å². The maximum absolute atomic E-state index is 11.8. The van der Waals surface area contributed by atoms with E-state index in [0.717, 1.165) is 0 Å². The zero-order valence-corrected chi connectivity index (χ0v) is 11.8. The number of esters is 2. The van der Waals surface area contributed by atoms with Crippen LogP contribution < -0.4 is 0 Å². The summed E-state index contributed by atoms with van der Waals surface area (Å²) in [5.74, 6) is -2.38. The summed E-state index contributed by atoms with van der Waals surface area (Å²) < 4.78 is 15.0. The van der Waals surface area contributed by atoms with E-state index in [4.69, 9.17) is 14.2 Å². The normalized spacial score (nSPS) is 26.4. The van der Waals surface area contributed by atoms with Gasteiger partial charge in [-0.2, -0.15) is 0 Å². The monoisotopic (exact) mass is 290 g/mol. The molecular formula is C13H22O7. The van der Waals surface area contributed by atoms with Crippen LogP contribution in [0.25, 0.3) is 0 Å². The molecule has 20 heavy (non-hydrogen) atoms. The van der Waals surface area contributed by atoms with Gasteiger partial charge in [0.05, 0.1) is 32.0 Å². The number of aliphatic hydroxyl groups excluding tert-OH is 2. The third-order valence-electron chi connectivity index (χ3n) is 3.09. The third kappa shape index (κ3) is 4.73. The zero-order chi connectivity index (χ0) is 15.1. The molecule has 3 unspecified atom stereocenters. The van der Waals surface area contributed by atoms with Crippen LogP contribution in [0.3, 0.4) is 0 Å². The second-order valence-electron chi connectivity index (χ2n) is 4.62. The lowest BCUT2D eigenvalue weighted by Gasteiger charge is -2.31. The van der Waals surface area contributed by atoms with Gasteiger partial charge in [0.15, 0.2) is 5.92 Å². The third-order valence-corrected chi connectivity index (χ3v) is 3.09. The molecule has 0 aliphatic carbocycles. The topological polar surface area (TPSA) is 102 Å². The van der Waals surface area contributed by atoms with E-state index >= 15 is 0 Å². The van der Waals surface area contributed by atoms with Gasteiger partial charge in [0, 0.05) is 6.42 Å². The molecule has 0 aromatic heterocycles. The maximum atomic E-state index is 11.8. The molecule has 0 radical (unpaired) electrons. The van der Waals surface area contributed by atoms with Gasteiger partial charge in [-0.3, -0.25) is 9.59 Å². The van der Waals surface area contributed by atoms with Crippen molar-refractivity contribution >= 4 is 11.9 Å². The first-order chi connectivity index (χ1) is 9.49. The van der Waals surface area contributed by atoms with E-state index in [2.05, 4.69) is 0 Å². The van der Waals surface area contributed by atoms with Crippen molar-refractivity contribution in [2.75, 3.05) is 19.8 Å². The predicted octanol–water partition coefficient (Wildman–Crippen LogP) is -0.370. The van der Waals surface area contributed by atoms with Crippen molar-refractivity contribution in [1.82, 2.24) is 0 Å². The van der Waals surface area contributed by atoms with Gasteiger partial charge in [-0.25, -0.2) is 0 Å². The lowest BCUT2D eigenvalue weighted by Crippen LogP contribution is -2.43. The Kier molecular flexibility index (Phi) is 6.90. The van der Waals surface area contributed by atoms with Crippen molar-refractivity contribution in [3.05, 3.63) is 0 Å². The highest BCUT2D eigenvalue weighted by Gasteiger charge is 2.36. The molecule has 7 nitrogen and oxygen atoms in total. The van der Waals surface area contributed by atoms with Crippen LogP contribution in [0, 0.1) is 5.92 Å². The minimum absolute atomic E-state index is 0.0236. The van der Waals surface area contributed by atoms with E-state index in [9.17, 15) is 19.8 Å². The Morgan fingerprint density at radius 1 is 1.15 bits per heavy atom. The fraction of sp³-hybridized carbons (Fsp3) is 0.846. The number of rotatable bonds is 6. The minimum atomic E-state index is -1.07. The molecule has 1 aliphatic heterocycles. The fourth-order valence-electron chi connectivity index (χ4n) is 2.04. The fourth-order valence-corrected chi connectivity index (χ4v) is 2.04. The molecule has 0 saturated carbocycles. The Labute approximate surface area is 117 Å². The van der Waals surface area contributed by atoms with Crippen molar-refractivity contribution in [2.45, 2.75) is 45.0 Å². The number of carbonyl (C=O) groups is 2. The smallest absolute Gasteiger partial charge is 0.320 e. The standard InChI is InChI=1S/C13H22O7/c1-3-18-12(16)9(13(17)19-4-2)5-8-6-10(14)11(15)7-20-8/h8-11,14-15H,3-7H2,1-2H3. The van der Waals surface area contributed by atoms with Gasteiger partial charge in [0.25, 0.3) is 0 Å². The van der Waals surface area contributed by atoms with Crippen LogP contribution in [-0.4, -0.2) is 60.3 Å². The summed E-state index contributed by atoms with van der Waals surface area (Å²) in [6.45, 7) is 3.61. The molecule has 0 aromatic rings. The highest BCUT2D eigenvalue weighted by molar-refractivity contribution is 5.94. The van der Waals surface area contributed by atoms with Crippen LogP contribution in [0.4, 0.5) is 0 Å². The molecule has 1 heterocycles. The Bertz CT molecular complexity index is 313. The SMILES string of the molecule is CCOC(=O)C(CC1CC(O)C(O)CO1)C(=O)OCC. The summed E-state index contributed by atoms with van der Waals surface area (Å²) in [5.41, 5.74) is 0. The van der Waals surface area contributed by atoms with Crippen LogP contribution in [0.5, 0.6) is 0 Å². The lowest BCUT2D eigenvalue weighted by molar-refractivity contribution is -0.167. The van der Waals surface area contributed by atoms with Gasteiger partial charge in [-0.05, 0) is 20.3 Å². The summed E-state index contributed by atoms with van der Waals surface area (Å²) in [5, 5.41) is 18.9. The average molecular weight is 290 g/mol. The molecule has 0 amide bonds. The highest BCUT2D eigenvalue weighted by Crippen LogP contribution is 2.22. The van der Waals surface area contributed by atoms with Crippen LogP contribution in [0.2, 0.25) is 0 Å². The van der Waals surface area contributed by atoms with Gasteiger partial charge in [-0.15, -0.1) is 0 Å². The van der Waals surface area contributed by atoms with Crippen LogP contribution in [-0.2, 0) is 23.8 Å². The zero-order valence-electron chi connectivity index (χ0n) is 11.8. The van der Waals surface area contributed by atoms with Crippen molar-refractivity contribution in [1.29, 1.82) is 0 Å². The molecule has 0 bridgehead atoms. The molecule has 1 aliphatic rings. The molecule has 7 heteroatoms. The predicted molar refractivity (Wildman–Crippen MR) is 67.7 cm³/mol. The first kappa shape index (κ1) is 16.9. The number of aliphatic hydroxyl groups is 2. The number of ether oxygens (including phenoxy) is 3. The lowest BCUT2D eigenvalue weighted by atomic mass is 9.94. The van der Waals surface area contributed by atoms with Gasteiger partial charge >= 0.3 is 11.9 Å². The van der Waals surface area contributed by atoms with Crippen LogP contribution >= 0.6 is 0 Å². The molecule has 1 fully saturated rings. The second kappa shape index (κ2) is 8.18. The summed E-state index contributed by atoms with van der Waals surface area (Å²) in [6.07, 6.45) is -2.11. The maximum Gasteiger partial charge on any atom is 0.320 e. The van der Waals surface area contributed by atoms with Crippen LogP contribution in [0.15, 0.2) is 0 Å². The Balaban J connectivity index is 2.64. The molecule has 1 rings (SSSR count). The van der Waals surface area contributed by atoms with Gasteiger partial charge < -0.3 is 24.4 Å². The Hall–Kier alpha value is -1.18. The molecular weight excluding hydrogens is 268 g/mol. The molecule has 0 spiro atoms. The number of carbonyl (C=O) groups excluding carboxylic acids is 2. The molecule has 116 valence electrons. The first-order valence-corrected chi connectivity index (χ1v) is 6.80. The van der Waals surface area contributed by atoms with E-state index in [1.54, 1.807) is 13.8 Å². The van der Waals surface area contributed by atoms with Crippen molar-refractivity contribution < 1.29 is 34.0 Å². The van der Waals surface area contributed by atoms with E-state index in [-0.39, 0.29) is 32.7 Å². The van der Waals surface area contributed by atoms with Crippen molar-refractivity contribution in [3.63, 3.8) is 0 Å². The minimum Gasteiger partial charge on any atom is -0.465 e. The summed E-state index contributed by atoms with van der Waals surface area (Å²) in [4.78, 5) is 23.6. The average Bonchev–Trinajstić information content (AvgIpc) is 2.40. The number of hydrogen-bond donors (Lipinski definition) is 2. The second-order valence-corrected chi connectivity index (χ2v) is 4.62. The molecule has 3 atom stereocenters. The number of hydrogen-bond acceptors (Lipinski definition) is 7. The quantitative estimate of drug-likeness (QED) is 0.508.